The molecule has 6 nitrogen and oxygen atoms in total. The Bertz CT molecular complexity index is 720. The third kappa shape index (κ3) is 2.44. The van der Waals surface area contributed by atoms with Gasteiger partial charge in [-0.1, -0.05) is 0 Å². The van der Waals surface area contributed by atoms with Crippen molar-refractivity contribution < 1.29 is 4.74 Å². The molecule has 3 rings (SSSR count). The number of anilines is 1. The van der Waals surface area contributed by atoms with Crippen LogP contribution < -0.4 is 10.1 Å². The highest BCUT2D eigenvalue weighted by atomic mass is 32.1. The molecule has 0 aliphatic rings. The van der Waals surface area contributed by atoms with Crippen molar-refractivity contribution >= 4 is 27.5 Å². The zero-order valence-electron chi connectivity index (χ0n) is 11.3. The maximum Gasteiger partial charge on any atom is 0.233 e. The normalized spacial score (nSPS) is 10.9. The molecule has 0 aliphatic carbocycles. The Morgan fingerprint density at radius 2 is 2.25 bits per heavy atom. The van der Waals surface area contributed by atoms with Gasteiger partial charge < -0.3 is 10.1 Å². The van der Waals surface area contributed by atoms with Crippen molar-refractivity contribution in [2.24, 2.45) is 0 Å². The van der Waals surface area contributed by atoms with Crippen LogP contribution >= 0.6 is 11.3 Å². The smallest absolute Gasteiger partial charge is 0.233 e. The summed E-state index contributed by atoms with van der Waals surface area (Å²) in [5.74, 6) is 1.82. The molecule has 0 saturated heterocycles. The van der Waals surface area contributed by atoms with Gasteiger partial charge in [0.05, 0.1) is 17.8 Å². The Morgan fingerprint density at radius 3 is 3.00 bits per heavy atom. The number of hydrogen-bond donors (Lipinski definition) is 1. The van der Waals surface area contributed by atoms with Crippen LogP contribution in [-0.4, -0.2) is 26.3 Å². The molecule has 3 aromatic rings. The number of aryl methyl sites for hydroxylation is 1. The first-order valence-electron chi connectivity index (χ1n) is 6.49. The average molecular weight is 289 g/mol. The highest BCUT2D eigenvalue weighted by Crippen LogP contribution is 2.31. The molecule has 3 aromatic heterocycles. The van der Waals surface area contributed by atoms with Gasteiger partial charge in [0.1, 0.15) is 4.83 Å². The molecule has 20 heavy (non-hydrogen) atoms. The standard InChI is InChI=1S/C13H15N5OS/c1-3-14-13-16-11(10-5-6-20-12(10)17-13)19-9-7-15-18(4-2)8-9/h5-8H,3-4H2,1-2H3,(H,14,16,17). The minimum Gasteiger partial charge on any atom is -0.435 e. The first-order valence-corrected chi connectivity index (χ1v) is 7.37. The number of rotatable bonds is 5. The van der Waals surface area contributed by atoms with E-state index < -0.39 is 0 Å². The fraction of sp³-hybridized carbons (Fsp3) is 0.308. The maximum absolute atomic E-state index is 5.85. The zero-order valence-corrected chi connectivity index (χ0v) is 12.1. The Labute approximate surface area is 120 Å². The summed E-state index contributed by atoms with van der Waals surface area (Å²) in [6, 6.07) is 1.97. The van der Waals surface area contributed by atoms with Crippen molar-refractivity contribution in [2.75, 3.05) is 11.9 Å². The number of thiophene rings is 1. The Balaban J connectivity index is 1.98. The van der Waals surface area contributed by atoms with Gasteiger partial charge in [-0.05, 0) is 25.3 Å². The Hall–Kier alpha value is -2.15. The number of fused-ring (bicyclic) bond motifs is 1. The second-order valence-corrected chi connectivity index (χ2v) is 5.05. The maximum atomic E-state index is 5.85. The topological polar surface area (TPSA) is 64.9 Å². The van der Waals surface area contributed by atoms with Gasteiger partial charge in [-0.15, -0.1) is 11.3 Å². The van der Waals surface area contributed by atoms with E-state index in [4.69, 9.17) is 4.74 Å². The van der Waals surface area contributed by atoms with Crippen molar-refractivity contribution in [3.8, 4) is 11.6 Å². The minimum absolute atomic E-state index is 0.558. The summed E-state index contributed by atoms with van der Waals surface area (Å²) in [5.41, 5.74) is 0. The van der Waals surface area contributed by atoms with Crippen molar-refractivity contribution in [2.45, 2.75) is 20.4 Å². The largest absolute Gasteiger partial charge is 0.435 e. The van der Waals surface area contributed by atoms with E-state index in [0.29, 0.717) is 17.6 Å². The molecular weight excluding hydrogens is 274 g/mol. The van der Waals surface area contributed by atoms with Gasteiger partial charge in [0.2, 0.25) is 11.8 Å². The van der Waals surface area contributed by atoms with Crippen LogP contribution in [0.2, 0.25) is 0 Å². The minimum atomic E-state index is 0.558. The van der Waals surface area contributed by atoms with E-state index in [0.717, 1.165) is 23.3 Å². The van der Waals surface area contributed by atoms with E-state index in [1.807, 2.05) is 36.2 Å². The summed E-state index contributed by atoms with van der Waals surface area (Å²) in [6.07, 6.45) is 3.55. The second-order valence-electron chi connectivity index (χ2n) is 4.16. The zero-order chi connectivity index (χ0) is 13.9. The molecule has 0 spiro atoms. The quantitative estimate of drug-likeness (QED) is 0.781. The van der Waals surface area contributed by atoms with Gasteiger partial charge in [0.15, 0.2) is 5.75 Å². The molecule has 0 bridgehead atoms. The van der Waals surface area contributed by atoms with Gasteiger partial charge >= 0.3 is 0 Å². The molecular formula is C13H15N5OS. The Morgan fingerprint density at radius 1 is 1.35 bits per heavy atom. The lowest BCUT2D eigenvalue weighted by Gasteiger charge is -2.06. The third-order valence-corrected chi connectivity index (χ3v) is 3.58. The lowest BCUT2D eigenvalue weighted by Crippen LogP contribution is -2.02. The number of nitrogens with zero attached hydrogens (tertiary/aromatic N) is 4. The summed E-state index contributed by atoms with van der Waals surface area (Å²) >= 11 is 1.57. The molecule has 0 aliphatic heterocycles. The molecule has 1 N–H and O–H groups in total. The van der Waals surface area contributed by atoms with Crippen LogP contribution in [-0.2, 0) is 6.54 Å². The van der Waals surface area contributed by atoms with Gasteiger partial charge in [0, 0.05) is 13.1 Å². The highest BCUT2D eigenvalue weighted by molar-refractivity contribution is 7.16. The van der Waals surface area contributed by atoms with E-state index in [-0.39, 0.29) is 0 Å². The van der Waals surface area contributed by atoms with Crippen molar-refractivity contribution in [1.82, 2.24) is 19.7 Å². The van der Waals surface area contributed by atoms with Crippen LogP contribution in [0.15, 0.2) is 23.8 Å². The van der Waals surface area contributed by atoms with E-state index in [1.54, 1.807) is 17.5 Å². The molecule has 0 fully saturated rings. The summed E-state index contributed by atoms with van der Waals surface area (Å²) < 4.78 is 7.66. The molecule has 0 amide bonds. The molecule has 0 atom stereocenters. The highest BCUT2D eigenvalue weighted by Gasteiger charge is 2.11. The SMILES string of the molecule is CCNc1nc(Oc2cnn(CC)c2)c2ccsc2n1. The molecule has 3 heterocycles. The van der Waals surface area contributed by atoms with Gasteiger partial charge in [-0.3, -0.25) is 4.68 Å². The van der Waals surface area contributed by atoms with Crippen molar-refractivity contribution in [1.29, 1.82) is 0 Å². The van der Waals surface area contributed by atoms with Gasteiger partial charge in [0.25, 0.3) is 0 Å². The van der Waals surface area contributed by atoms with E-state index in [2.05, 4.69) is 20.4 Å². The first-order chi connectivity index (χ1) is 9.80. The fourth-order valence-corrected chi connectivity index (χ4v) is 2.58. The van der Waals surface area contributed by atoms with Gasteiger partial charge in [-0.2, -0.15) is 10.1 Å². The van der Waals surface area contributed by atoms with Crippen LogP contribution in [0.4, 0.5) is 5.95 Å². The van der Waals surface area contributed by atoms with Crippen molar-refractivity contribution in [3.63, 3.8) is 0 Å². The summed E-state index contributed by atoms with van der Waals surface area (Å²) in [7, 11) is 0. The van der Waals surface area contributed by atoms with Crippen LogP contribution in [0, 0.1) is 0 Å². The monoisotopic (exact) mass is 289 g/mol. The van der Waals surface area contributed by atoms with Crippen LogP contribution in [0.25, 0.3) is 10.2 Å². The number of nitrogens with one attached hydrogen (secondary N) is 1. The first kappa shape index (κ1) is 12.9. The number of aromatic nitrogens is 4. The van der Waals surface area contributed by atoms with E-state index in [9.17, 15) is 0 Å². The molecule has 104 valence electrons. The van der Waals surface area contributed by atoms with Crippen LogP contribution in [0.3, 0.4) is 0 Å². The lowest BCUT2D eigenvalue weighted by atomic mass is 10.4. The molecule has 0 aromatic carbocycles. The van der Waals surface area contributed by atoms with Gasteiger partial charge in [-0.25, -0.2) is 4.98 Å². The van der Waals surface area contributed by atoms with Crippen LogP contribution in [0.1, 0.15) is 13.8 Å². The second kappa shape index (κ2) is 5.46. The van der Waals surface area contributed by atoms with Crippen LogP contribution in [0.5, 0.6) is 11.6 Å². The summed E-state index contributed by atoms with van der Waals surface area (Å²) in [4.78, 5) is 9.77. The summed E-state index contributed by atoms with van der Waals surface area (Å²) in [6.45, 7) is 5.61. The molecule has 0 unspecified atom stereocenters. The lowest BCUT2D eigenvalue weighted by molar-refractivity contribution is 0.468. The predicted molar refractivity (Wildman–Crippen MR) is 79.6 cm³/mol. The third-order valence-electron chi connectivity index (χ3n) is 2.77. The summed E-state index contributed by atoms with van der Waals surface area (Å²) in [5, 5.41) is 10.2. The number of hydrogen-bond acceptors (Lipinski definition) is 6. The van der Waals surface area contributed by atoms with Crippen molar-refractivity contribution in [3.05, 3.63) is 23.8 Å². The molecule has 0 saturated carbocycles. The number of ether oxygens (including phenoxy) is 1. The van der Waals surface area contributed by atoms with E-state index >= 15 is 0 Å². The van der Waals surface area contributed by atoms with E-state index in [1.165, 1.54) is 0 Å². The average Bonchev–Trinajstić information content (AvgIpc) is 3.07. The fourth-order valence-electron chi connectivity index (χ4n) is 1.83. The predicted octanol–water partition coefficient (Wildman–Crippen LogP) is 3.13. The Kier molecular flexibility index (Phi) is 3.51. The molecule has 0 radical (unpaired) electrons. The molecule has 7 heteroatoms.